The Hall–Kier alpha value is -3.47. The normalized spacial score (nSPS) is 14.4. The van der Waals surface area contributed by atoms with Crippen LogP contribution in [0.4, 0.5) is 24.5 Å². The van der Waals surface area contributed by atoms with Gasteiger partial charge in [0.25, 0.3) is 11.6 Å². The van der Waals surface area contributed by atoms with Gasteiger partial charge in [0.15, 0.2) is 0 Å². The molecule has 1 fully saturated rings. The molecule has 0 bridgehead atoms. The molecule has 4 rings (SSSR count). The van der Waals surface area contributed by atoms with Gasteiger partial charge in [-0.3, -0.25) is 14.9 Å². The minimum atomic E-state index is -4.67. The first-order valence-corrected chi connectivity index (χ1v) is 11.5. The van der Waals surface area contributed by atoms with E-state index in [4.69, 9.17) is 0 Å². The zero-order chi connectivity index (χ0) is 24.5. The number of aryl methyl sites for hydroxylation is 1. The fraction of sp³-hybridized carbons (Fsp3) is 0.304. The Bertz CT molecular complexity index is 1200. The van der Waals surface area contributed by atoms with E-state index in [0.29, 0.717) is 11.8 Å². The highest BCUT2D eigenvalue weighted by Crippen LogP contribution is 2.37. The number of benzene rings is 2. The summed E-state index contributed by atoms with van der Waals surface area (Å²) in [4.78, 5) is 31.2. The Balaban J connectivity index is 1.44. The Morgan fingerprint density at radius 1 is 1.12 bits per heavy atom. The topological polar surface area (TPSA) is 79.6 Å². The van der Waals surface area contributed by atoms with Crippen molar-refractivity contribution >= 4 is 28.6 Å². The average Bonchev–Trinajstić information content (AvgIpc) is 3.33. The van der Waals surface area contributed by atoms with Gasteiger partial charge in [-0.25, -0.2) is 4.98 Å². The van der Waals surface area contributed by atoms with Crippen molar-refractivity contribution in [2.75, 3.05) is 31.1 Å². The van der Waals surface area contributed by atoms with Gasteiger partial charge in [0, 0.05) is 43.2 Å². The van der Waals surface area contributed by atoms with E-state index >= 15 is 0 Å². The van der Waals surface area contributed by atoms with E-state index < -0.39 is 22.4 Å². The van der Waals surface area contributed by atoms with Crippen LogP contribution in [0.15, 0.2) is 47.8 Å². The molecular weight excluding hydrogens is 469 g/mol. The molecule has 0 atom stereocenters. The van der Waals surface area contributed by atoms with Gasteiger partial charge in [-0.05, 0) is 24.1 Å². The largest absolute Gasteiger partial charge is 0.416 e. The first-order chi connectivity index (χ1) is 16.2. The number of nitro groups is 1. The summed E-state index contributed by atoms with van der Waals surface area (Å²) in [5, 5.41) is 13.8. The molecule has 1 aliphatic rings. The second-order valence-electron chi connectivity index (χ2n) is 7.83. The number of hydrogen-bond acceptors (Lipinski definition) is 6. The van der Waals surface area contributed by atoms with Crippen LogP contribution in [-0.2, 0) is 12.6 Å². The third-order valence-electron chi connectivity index (χ3n) is 5.74. The number of thiazole rings is 1. The van der Waals surface area contributed by atoms with Crippen LogP contribution in [0, 0.1) is 10.1 Å². The zero-order valence-electron chi connectivity index (χ0n) is 18.2. The highest BCUT2D eigenvalue weighted by atomic mass is 32.1. The number of aromatic nitrogens is 1. The second-order valence-corrected chi connectivity index (χ2v) is 8.68. The van der Waals surface area contributed by atoms with Gasteiger partial charge < -0.3 is 9.80 Å². The number of hydrogen-bond donors (Lipinski definition) is 0. The van der Waals surface area contributed by atoms with Crippen LogP contribution in [0.5, 0.6) is 0 Å². The van der Waals surface area contributed by atoms with Crippen LogP contribution in [0.3, 0.4) is 0 Å². The molecule has 3 aromatic rings. The second kappa shape index (κ2) is 9.41. The lowest BCUT2D eigenvalue weighted by atomic mass is 10.1. The van der Waals surface area contributed by atoms with Crippen LogP contribution < -0.4 is 4.90 Å². The zero-order valence-corrected chi connectivity index (χ0v) is 19.0. The van der Waals surface area contributed by atoms with Crippen LogP contribution in [0.25, 0.3) is 10.6 Å². The average molecular weight is 491 g/mol. The third kappa shape index (κ3) is 4.89. The highest BCUT2D eigenvalue weighted by Gasteiger charge is 2.34. The maximum atomic E-state index is 13.0. The van der Waals surface area contributed by atoms with Crippen LogP contribution in [0.1, 0.15) is 28.5 Å². The molecule has 178 valence electrons. The van der Waals surface area contributed by atoms with Gasteiger partial charge in [-0.15, -0.1) is 11.3 Å². The fourth-order valence-electron chi connectivity index (χ4n) is 3.81. The standard InChI is InChI=1S/C23H21F3N4O3S/c1-2-15-3-5-16(6-4-15)21-27-18(14-34-21)22(31)29-11-9-28(10-12-29)19-8-7-17(23(24,25)26)13-20(19)30(32)33/h3-8,13-14H,2,9-12H2,1H3. The molecule has 1 aliphatic heterocycles. The minimum absolute atomic E-state index is 0.108. The first kappa shape index (κ1) is 23.7. The molecule has 1 aromatic heterocycles. The molecule has 0 saturated carbocycles. The highest BCUT2D eigenvalue weighted by molar-refractivity contribution is 7.13. The van der Waals surface area contributed by atoms with Crippen LogP contribution >= 0.6 is 11.3 Å². The summed E-state index contributed by atoms with van der Waals surface area (Å²) in [5.74, 6) is -0.241. The Labute approximate surface area is 197 Å². The predicted molar refractivity (Wildman–Crippen MR) is 123 cm³/mol. The summed E-state index contributed by atoms with van der Waals surface area (Å²) in [7, 11) is 0. The molecule has 2 aromatic carbocycles. The fourth-order valence-corrected chi connectivity index (χ4v) is 4.61. The number of rotatable bonds is 5. The number of halogens is 3. The first-order valence-electron chi connectivity index (χ1n) is 10.6. The maximum absolute atomic E-state index is 13.0. The number of alkyl halides is 3. The molecule has 1 saturated heterocycles. The van der Waals surface area contributed by atoms with Gasteiger partial charge in [-0.1, -0.05) is 31.2 Å². The number of amides is 1. The molecule has 1 amide bonds. The van der Waals surface area contributed by atoms with Crippen molar-refractivity contribution in [2.24, 2.45) is 0 Å². The molecule has 34 heavy (non-hydrogen) atoms. The molecule has 2 heterocycles. The van der Waals surface area contributed by atoms with E-state index in [-0.39, 0.29) is 37.8 Å². The van der Waals surface area contributed by atoms with Gasteiger partial charge in [-0.2, -0.15) is 13.2 Å². The van der Waals surface area contributed by atoms with E-state index in [2.05, 4.69) is 11.9 Å². The Kier molecular flexibility index (Phi) is 6.56. The van der Waals surface area contributed by atoms with Crippen molar-refractivity contribution in [2.45, 2.75) is 19.5 Å². The van der Waals surface area contributed by atoms with Crippen molar-refractivity contribution in [3.8, 4) is 10.6 Å². The molecule has 0 radical (unpaired) electrons. The maximum Gasteiger partial charge on any atom is 0.416 e. The number of piperazine rings is 1. The summed E-state index contributed by atoms with van der Waals surface area (Å²) in [6.45, 7) is 3.13. The molecule has 7 nitrogen and oxygen atoms in total. The number of carbonyl (C=O) groups is 1. The van der Waals surface area contributed by atoms with Crippen molar-refractivity contribution in [3.05, 3.63) is 74.8 Å². The van der Waals surface area contributed by atoms with Crippen molar-refractivity contribution in [3.63, 3.8) is 0 Å². The third-order valence-corrected chi connectivity index (χ3v) is 6.63. The van der Waals surface area contributed by atoms with Crippen LogP contribution in [-0.4, -0.2) is 46.9 Å². The minimum Gasteiger partial charge on any atom is -0.362 e. The summed E-state index contributed by atoms with van der Waals surface area (Å²) in [5.41, 5.74) is 0.904. The monoisotopic (exact) mass is 490 g/mol. The van der Waals surface area contributed by atoms with Crippen molar-refractivity contribution in [1.29, 1.82) is 0 Å². The van der Waals surface area contributed by atoms with E-state index in [0.717, 1.165) is 29.1 Å². The summed E-state index contributed by atoms with van der Waals surface area (Å²) in [6, 6.07) is 10.5. The molecule has 0 N–H and O–H groups in total. The van der Waals surface area contributed by atoms with E-state index in [1.165, 1.54) is 16.9 Å². The van der Waals surface area contributed by atoms with Crippen LogP contribution in [0.2, 0.25) is 0 Å². The number of nitrogens with zero attached hydrogens (tertiary/aromatic N) is 4. The molecule has 0 aliphatic carbocycles. The Morgan fingerprint density at radius 2 is 1.79 bits per heavy atom. The van der Waals surface area contributed by atoms with Gasteiger partial charge >= 0.3 is 6.18 Å². The lowest BCUT2D eigenvalue weighted by Gasteiger charge is -2.35. The molecular formula is C23H21F3N4O3S. The van der Waals surface area contributed by atoms with Gasteiger partial charge in [0.05, 0.1) is 10.5 Å². The van der Waals surface area contributed by atoms with Crippen molar-refractivity contribution in [1.82, 2.24) is 9.88 Å². The summed E-state index contributed by atoms with van der Waals surface area (Å²) < 4.78 is 38.9. The quantitative estimate of drug-likeness (QED) is 0.360. The smallest absolute Gasteiger partial charge is 0.362 e. The molecule has 0 unspecified atom stereocenters. The van der Waals surface area contributed by atoms with Gasteiger partial charge in [0.1, 0.15) is 16.4 Å². The summed E-state index contributed by atoms with van der Waals surface area (Å²) in [6.07, 6.45) is -3.73. The SMILES string of the molecule is CCc1ccc(-c2nc(C(=O)N3CCN(c4ccc(C(F)(F)F)cc4[N+](=O)[O-])CC3)cs2)cc1. The van der Waals surface area contributed by atoms with Gasteiger partial charge in [0.2, 0.25) is 0 Å². The van der Waals surface area contributed by atoms with E-state index in [9.17, 15) is 28.1 Å². The number of anilines is 1. The molecule has 11 heteroatoms. The Morgan fingerprint density at radius 3 is 2.38 bits per heavy atom. The predicted octanol–water partition coefficient (Wildman–Crippen LogP) is 5.26. The lowest BCUT2D eigenvalue weighted by Crippen LogP contribution is -2.49. The summed E-state index contributed by atoms with van der Waals surface area (Å²) >= 11 is 1.38. The van der Waals surface area contributed by atoms with E-state index in [1.54, 1.807) is 15.2 Å². The lowest BCUT2D eigenvalue weighted by molar-refractivity contribution is -0.384. The van der Waals surface area contributed by atoms with E-state index in [1.807, 2.05) is 24.3 Å². The number of carbonyl (C=O) groups excluding carboxylic acids is 1. The van der Waals surface area contributed by atoms with Crippen molar-refractivity contribution < 1.29 is 22.9 Å². The molecule has 0 spiro atoms. The number of nitro benzene ring substituents is 1.